The van der Waals surface area contributed by atoms with Crippen LogP contribution >= 0.6 is 0 Å². The van der Waals surface area contributed by atoms with Crippen LogP contribution in [0.2, 0.25) is 0 Å². The van der Waals surface area contributed by atoms with Crippen molar-refractivity contribution in [2.45, 2.75) is 45.2 Å². The van der Waals surface area contributed by atoms with Gasteiger partial charge in [0.25, 0.3) is 0 Å². The van der Waals surface area contributed by atoms with Gasteiger partial charge in [0.1, 0.15) is 12.2 Å². The monoisotopic (exact) mass is 222 g/mol. The first-order valence-electron chi connectivity index (χ1n) is 5.83. The van der Waals surface area contributed by atoms with Crippen molar-refractivity contribution in [2.24, 2.45) is 0 Å². The molecule has 1 saturated heterocycles. The lowest BCUT2D eigenvalue weighted by Crippen LogP contribution is -2.32. The molecule has 2 rings (SSSR count). The maximum Gasteiger partial charge on any atom is 0.157 e. The van der Waals surface area contributed by atoms with E-state index < -0.39 is 0 Å². The minimum absolute atomic E-state index is 0.0253. The summed E-state index contributed by atoms with van der Waals surface area (Å²) in [6.07, 6.45) is 3.95. The summed E-state index contributed by atoms with van der Waals surface area (Å²) in [5.74, 6) is 1.00. The van der Waals surface area contributed by atoms with Crippen LogP contribution in [0.4, 0.5) is 0 Å². The highest BCUT2D eigenvalue weighted by Crippen LogP contribution is 2.11. The zero-order chi connectivity index (χ0) is 11.5. The summed E-state index contributed by atoms with van der Waals surface area (Å²) in [4.78, 5) is 16.1. The summed E-state index contributed by atoms with van der Waals surface area (Å²) in [6, 6.07) is 0.277. The molecule has 1 atom stereocenters. The molecule has 88 valence electrons. The van der Waals surface area contributed by atoms with E-state index in [1.54, 1.807) is 0 Å². The van der Waals surface area contributed by atoms with Crippen LogP contribution in [0.25, 0.3) is 0 Å². The molecule has 0 amide bonds. The smallest absolute Gasteiger partial charge is 0.157 e. The molecule has 1 unspecified atom stereocenters. The Kier molecular flexibility index (Phi) is 3.33. The fraction of sp³-hybridized carbons (Fsp3) is 0.727. The van der Waals surface area contributed by atoms with E-state index in [-0.39, 0.29) is 17.9 Å². The third kappa shape index (κ3) is 2.29. The second kappa shape index (κ2) is 4.74. The van der Waals surface area contributed by atoms with Gasteiger partial charge in [0, 0.05) is 6.04 Å². The molecule has 1 aromatic heterocycles. The Morgan fingerprint density at radius 2 is 2.50 bits per heavy atom. The number of hydrogen-bond acceptors (Lipinski definition) is 4. The van der Waals surface area contributed by atoms with E-state index in [0.717, 1.165) is 25.2 Å². The molecule has 2 heterocycles. The summed E-state index contributed by atoms with van der Waals surface area (Å²) in [6.45, 7) is 5.03. The van der Waals surface area contributed by atoms with Gasteiger partial charge in [-0.1, -0.05) is 0 Å². The third-order valence-corrected chi connectivity index (χ3v) is 2.92. The highest BCUT2D eigenvalue weighted by molar-refractivity contribution is 5.85. The molecular formula is C11H18N4O. The molecule has 0 aromatic carbocycles. The molecule has 0 radical (unpaired) electrons. The zero-order valence-electron chi connectivity index (χ0n) is 9.81. The van der Waals surface area contributed by atoms with Crippen molar-refractivity contribution in [3.05, 3.63) is 12.2 Å². The zero-order valence-corrected chi connectivity index (χ0v) is 9.81. The summed E-state index contributed by atoms with van der Waals surface area (Å²) in [5.41, 5.74) is 0. The average molecular weight is 222 g/mol. The van der Waals surface area contributed by atoms with Crippen LogP contribution in [0.3, 0.4) is 0 Å². The van der Waals surface area contributed by atoms with Gasteiger partial charge in [-0.2, -0.15) is 5.10 Å². The van der Waals surface area contributed by atoms with E-state index in [0.29, 0.717) is 6.42 Å². The second-order valence-corrected chi connectivity index (χ2v) is 4.51. The number of rotatable bonds is 4. The van der Waals surface area contributed by atoms with E-state index in [2.05, 4.69) is 15.4 Å². The van der Waals surface area contributed by atoms with Gasteiger partial charge in [-0.3, -0.25) is 4.79 Å². The van der Waals surface area contributed by atoms with Gasteiger partial charge in [-0.05, 0) is 33.2 Å². The van der Waals surface area contributed by atoms with Crippen LogP contribution in [-0.2, 0) is 11.2 Å². The van der Waals surface area contributed by atoms with Crippen molar-refractivity contribution < 1.29 is 4.79 Å². The lowest BCUT2D eigenvalue weighted by atomic mass is 10.1. The minimum Gasteiger partial charge on any atom is -0.307 e. The van der Waals surface area contributed by atoms with Crippen molar-refractivity contribution in [2.75, 3.05) is 6.54 Å². The third-order valence-electron chi connectivity index (χ3n) is 2.92. The number of ketones is 1. The van der Waals surface area contributed by atoms with E-state index in [9.17, 15) is 4.79 Å². The molecule has 1 aromatic rings. The fourth-order valence-corrected chi connectivity index (χ4v) is 2.07. The standard InChI is InChI=1S/C11H18N4O/c1-8(2)15-11(13-7-14-15)6-10(16)9-4-3-5-12-9/h7-9,12H,3-6H2,1-2H3. The molecule has 1 N–H and O–H groups in total. The minimum atomic E-state index is 0.0253. The number of carbonyl (C=O) groups excluding carboxylic acids is 1. The van der Waals surface area contributed by atoms with Gasteiger partial charge in [0.05, 0.1) is 12.5 Å². The Bertz CT molecular complexity index is 366. The molecule has 5 heteroatoms. The first kappa shape index (κ1) is 11.3. The van der Waals surface area contributed by atoms with Crippen LogP contribution in [0.5, 0.6) is 0 Å². The number of nitrogens with one attached hydrogen (secondary N) is 1. The van der Waals surface area contributed by atoms with Gasteiger partial charge in [0.2, 0.25) is 0 Å². The van der Waals surface area contributed by atoms with Gasteiger partial charge >= 0.3 is 0 Å². The molecule has 5 nitrogen and oxygen atoms in total. The second-order valence-electron chi connectivity index (χ2n) is 4.51. The van der Waals surface area contributed by atoms with Gasteiger partial charge in [-0.15, -0.1) is 0 Å². The van der Waals surface area contributed by atoms with Crippen LogP contribution in [0, 0.1) is 0 Å². The van der Waals surface area contributed by atoms with Gasteiger partial charge in [0.15, 0.2) is 5.78 Å². The summed E-state index contributed by atoms with van der Waals surface area (Å²) in [7, 11) is 0. The van der Waals surface area contributed by atoms with Gasteiger partial charge in [-0.25, -0.2) is 9.67 Å². The van der Waals surface area contributed by atoms with Crippen molar-refractivity contribution in [3.8, 4) is 0 Å². The highest BCUT2D eigenvalue weighted by Gasteiger charge is 2.23. The number of aromatic nitrogens is 3. The molecule has 1 fully saturated rings. The highest BCUT2D eigenvalue weighted by atomic mass is 16.1. The first-order valence-corrected chi connectivity index (χ1v) is 5.83. The molecule has 0 bridgehead atoms. The van der Waals surface area contributed by atoms with Crippen LogP contribution < -0.4 is 5.32 Å². The van der Waals surface area contributed by atoms with E-state index in [1.165, 1.54) is 6.33 Å². The van der Waals surface area contributed by atoms with Crippen molar-refractivity contribution in [3.63, 3.8) is 0 Å². The molecular weight excluding hydrogens is 204 g/mol. The average Bonchev–Trinajstić information content (AvgIpc) is 2.86. The van der Waals surface area contributed by atoms with Crippen LogP contribution in [-0.4, -0.2) is 33.1 Å². The van der Waals surface area contributed by atoms with Crippen molar-refractivity contribution in [1.29, 1.82) is 0 Å². The topological polar surface area (TPSA) is 59.8 Å². The van der Waals surface area contributed by atoms with E-state index in [4.69, 9.17) is 0 Å². The molecule has 1 aliphatic heterocycles. The molecule has 16 heavy (non-hydrogen) atoms. The number of carbonyl (C=O) groups is 1. The molecule has 0 spiro atoms. The lowest BCUT2D eigenvalue weighted by Gasteiger charge is -2.11. The summed E-state index contributed by atoms with van der Waals surface area (Å²) < 4.78 is 1.81. The molecule has 1 aliphatic rings. The molecule has 0 saturated carbocycles. The Balaban J connectivity index is 2.02. The Labute approximate surface area is 95.2 Å². The number of hydrogen-bond donors (Lipinski definition) is 1. The Morgan fingerprint density at radius 3 is 3.12 bits per heavy atom. The number of nitrogens with zero attached hydrogens (tertiary/aromatic N) is 3. The number of Topliss-reactive ketones (excluding diaryl/α,β-unsaturated/α-hetero) is 1. The SMILES string of the molecule is CC(C)n1ncnc1CC(=O)C1CCCN1. The predicted molar refractivity (Wildman–Crippen MR) is 60.1 cm³/mol. The van der Waals surface area contributed by atoms with Crippen molar-refractivity contribution in [1.82, 2.24) is 20.1 Å². The predicted octanol–water partition coefficient (Wildman–Crippen LogP) is 0.723. The fourth-order valence-electron chi connectivity index (χ4n) is 2.07. The van der Waals surface area contributed by atoms with Gasteiger partial charge < -0.3 is 5.32 Å². The maximum absolute atomic E-state index is 11.9. The van der Waals surface area contributed by atoms with Crippen LogP contribution in [0.1, 0.15) is 38.6 Å². The van der Waals surface area contributed by atoms with E-state index >= 15 is 0 Å². The Morgan fingerprint density at radius 1 is 1.69 bits per heavy atom. The van der Waals surface area contributed by atoms with E-state index in [1.807, 2.05) is 18.5 Å². The normalized spacial score (nSPS) is 20.6. The van der Waals surface area contributed by atoms with Crippen molar-refractivity contribution >= 4 is 5.78 Å². The lowest BCUT2D eigenvalue weighted by molar-refractivity contribution is -0.120. The molecule has 0 aliphatic carbocycles. The summed E-state index contributed by atoms with van der Waals surface area (Å²) >= 11 is 0. The Hall–Kier alpha value is -1.23. The quantitative estimate of drug-likeness (QED) is 0.815. The first-order chi connectivity index (χ1) is 7.68. The summed E-state index contributed by atoms with van der Waals surface area (Å²) in [5, 5.41) is 7.34. The maximum atomic E-state index is 11.9. The largest absolute Gasteiger partial charge is 0.307 e. The van der Waals surface area contributed by atoms with Crippen LogP contribution in [0.15, 0.2) is 6.33 Å².